The van der Waals surface area contributed by atoms with Crippen molar-refractivity contribution in [2.45, 2.75) is 62.8 Å². The summed E-state index contributed by atoms with van der Waals surface area (Å²) in [5, 5.41) is 0. The van der Waals surface area contributed by atoms with Gasteiger partial charge in [-0.2, -0.15) is 4.31 Å². The lowest BCUT2D eigenvalue weighted by molar-refractivity contribution is -0.139. The molecule has 4 rings (SSSR count). The lowest BCUT2D eigenvalue weighted by Gasteiger charge is -2.41. The number of para-hydroxylation sites is 1. The highest BCUT2D eigenvalue weighted by Gasteiger charge is 2.46. The summed E-state index contributed by atoms with van der Waals surface area (Å²) in [7, 11) is -0.808. The van der Waals surface area contributed by atoms with Gasteiger partial charge in [0.15, 0.2) is 0 Å². The van der Waals surface area contributed by atoms with Gasteiger partial charge in [0, 0.05) is 36.2 Å². The molecule has 0 amide bonds. The van der Waals surface area contributed by atoms with E-state index in [4.69, 9.17) is 14.2 Å². The molecule has 1 heterocycles. The molecule has 1 atom stereocenters. The number of hydrogen-bond acceptors (Lipinski definition) is 8. The first-order valence-electron chi connectivity index (χ1n) is 14.6. The van der Waals surface area contributed by atoms with Crippen LogP contribution in [0.15, 0.2) is 71.6 Å². The van der Waals surface area contributed by atoms with Gasteiger partial charge in [0.05, 0.1) is 37.8 Å². The summed E-state index contributed by atoms with van der Waals surface area (Å²) in [5.74, 6) is 1.54. The Kier molecular flexibility index (Phi) is 11.0. The number of nitrogens with zero attached hydrogens (tertiary/aromatic N) is 2. The molecule has 3 aromatic rings. The first-order valence-corrected chi connectivity index (χ1v) is 17.2. The van der Waals surface area contributed by atoms with Gasteiger partial charge >= 0.3 is 5.97 Å². The number of sulfonamides is 1. The zero-order valence-electron chi connectivity index (χ0n) is 25.7. The van der Waals surface area contributed by atoms with Crippen LogP contribution in [0.2, 0.25) is 0 Å². The van der Waals surface area contributed by atoms with Gasteiger partial charge in [-0.25, -0.2) is 8.42 Å². The Hall–Kier alpha value is -3.21. The Balaban J connectivity index is 1.88. The fourth-order valence-corrected chi connectivity index (χ4v) is 8.25. The van der Waals surface area contributed by atoms with Crippen LogP contribution >= 0.6 is 11.8 Å². The van der Waals surface area contributed by atoms with E-state index in [0.717, 1.165) is 24.1 Å². The monoisotopic (exact) mass is 626 g/mol. The van der Waals surface area contributed by atoms with Crippen LogP contribution in [-0.4, -0.2) is 57.4 Å². The maximum absolute atomic E-state index is 14.9. The molecule has 3 aromatic carbocycles. The van der Waals surface area contributed by atoms with E-state index in [1.807, 2.05) is 60.7 Å². The van der Waals surface area contributed by atoms with Crippen molar-refractivity contribution in [2.75, 3.05) is 38.0 Å². The van der Waals surface area contributed by atoms with Crippen LogP contribution in [0.4, 0.5) is 11.4 Å². The van der Waals surface area contributed by atoms with Gasteiger partial charge in [0.25, 0.3) is 0 Å². The van der Waals surface area contributed by atoms with Crippen LogP contribution in [-0.2, 0) is 31.9 Å². The maximum atomic E-state index is 14.9. The molecule has 1 aliphatic rings. The van der Waals surface area contributed by atoms with Crippen LogP contribution in [0.5, 0.6) is 11.5 Å². The topological polar surface area (TPSA) is 85.4 Å². The number of esters is 1. The third-order valence-electron chi connectivity index (χ3n) is 7.73. The standard InChI is InChI=1S/C33H42N2O6S2/c1-6-8-18-33(3)24-34(27-12-10-9-11-13-27)29-20-30(40-5)26(22-42-23-32(36)41-7-2)19-31(29)43(37,38)35(33)21-25-14-16-28(39-4)17-15-25/h9-17,19-20H,6-8,18,21-24H2,1-5H3. The van der Waals surface area contributed by atoms with Crippen LogP contribution in [0, 0.1) is 0 Å². The summed E-state index contributed by atoms with van der Waals surface area (Å²) < 4.78 is 47.6. The molecule has 0 saturated carbocycles. The summed E-state index contributed by atoms with van der Waals surface area (Å²) >= 11 is 1.37. The number of methoxy groups -OCH3 is 2. The Morgan fingerprint density at radius 1 is 1.00 bits per heavy atom. The number of carbonyl (C=O) groups is 1. The van der Waals surface area contributed by atoms with Gasteiger partial charge in [-0.05, 0) is 56.2 Å². The summed E-state index contributed by atoms with van der Waals surface area (Å²) in [6, 6.07) is 21.0. The maximum Gasteiger partial charge on any atom is 0.315 e. The number of anilines is 2. The molecule has 1 unspecified atom stereocenters. The number of thioether (sulfide) groups is 1. The Morgan fingerprint density at radius 3 is 2.35 bits per heavy atom. The third kappa shape index (κ3) is 7.48. The highest BCUT2D eigenvalue weighted by molar-refractivity contribution is 7.99. The fourth-order valence-electron chi connectivity index (χ4n) is 5.44. The summed E-state index contributed by atoms with van der Waals surface area (Å²) in [6.45, 7) is 6.94. The zero-order valence-corrected chi connectivity index (χ0v) is 27.3. The van der Waals surface area contributed by atoms with Crippen molar-refractivity contribution in [1.29, 1.82) is 0 Å². The van der Waals surface area contributed by atoms with E-state index in [2.05, 4.69) is 18.7 Å². The smallest absolute Gasteiger partial charge is 0.315 e. The van der Waals surface area contributed by atoms with Crippen LogP contribution < -0.4 is 14.4 Å². The lowest BCUT2D eigenvalue weighted by atomic mass is 9.92. The number of rotatable bonds is 13. The Bertz CT molecular complexity index is 1480. The summed E-state index contributed by atoms with van der Waals surface area (Å²) in [4.78, 5) is 14.3. The van der Waals surface area contributed by atoms with Gasteiger partial charge in [0.2, 0.25) is 10.0 Å². The highest BCUT2D eigenvalue weighted by atomic mass is 32.2. The molecule has 0 spiro atoms. The molecule has 8 nitrogen and oxygen atoms in total. The molecule has 0 bridgehead atoms. The minimum absolute atomic E-state index is 0.162. The van der Waals surface area contributed by atoms with Crippen molar-refractivity contribution >= 4 is 39.1 Å². The van der Waals surface area contributed by atoms with E-state index in [1.165, 1.54) is 11.8 Å². The minimum Gasteiger partial charge on any atom is -0.497 e. The number of fused-ring (bicyclic) bond motifs is 1. The van der Waals surface area contributed by atoms with E-state index in [1.54, 1.807) is 31.5 Å². The summed E-state index contributed by atoms with van der Waals surface area (Å²) in [6.07, 6.45) is 2.51. The second-order valence-electron chi connectivity index (χ2n) is 10.8. The molecular weight excluding hydrogens is 585 g/mol. The molecule has 0 fully saturated rings. The Morgan fingerprint density at radius 2 is 1.72 bits per heavy atom. The van der Waals surface area contributed by atoms with Gasteiger partial charge in [-0.15, -0.1) is 11.8 Å². The molecule has 232 valence electrons. The largest absolute Gasteiger partial charge is 0.497 e. The van der Waals surface area contributed by atoms with E-state index in [9.17, 15) is 13.2 Å². The summed E-state index contributed by atoms with van der Waals surface area (Å²) in [5.41, 5.74) is 2.33. The third-order valence-corrected chi connectivity index (χ3v) is 10.7. The van der Waals surface area contributed by atoms with Crippen molar-refractivity contribution in [3.63, 3.8) is 0 Å². The van der Waals surface area contributed by atoms with Crippen molar-refractivity contribution in [2.24, 2.45) is 0 Å². The van der Waals surface area contributed by atoms with Crippen molar-refractivity contribution < 1.29 is 27.4 Å². The molecule has 0 saturated heterocycles. The minimum atomic E-state index is -4.01. The van der Waals surface area contributed by atoms with Crippen LogP contribution in [0.3, 0.4) is 0 Å². The number of hydrogen-bond donors (Lipinski definition) is 0. The molecule has 0 aromatic heterocycles. The average Bonchev–Trinajstić information content (AvgIpc) is 3.08. The van der Waals surface area contributed by atoms with Crippen molar-refractivity contribution in [3.8, 4) is 11.5 Å². The van der Waals surface area contributed by atoms with Gasteiger partial charge < -0.3 is 19.1 Å². The van der Waals surface area contributed by atoms with Gasteiger partial charge in [-0.3, -0.25) is 4.79 Å². The first kappa shape index (κ1) is 32.7. The number of unbranched alkanes of at least 4 members (excludes halogenated alkanes) is 1. The van der Waals surface area contributed by atoms with Crippen LogP contribution in [0.1, 0.15) is 51.2 Å². The number of carbonyl (C=O) groups excluding carboxylic acids is 1. The van der Waals surface area contributed by atoms with Crippen LogP contribution in [0.25, 0.3) is 0 Å². The lowest BCUT2D eigenvalue weighted by Crippen LogP contribution is -2.53. The predicted molar refractivity (Wildman–Crippen MR) is 173 cm³/mol. The number of benzene rings is 3. The molecule has 1 aliphatic heterocycles. The molecule has 0 radical (unpaired) electrons. The SMILES string of the molecule is CCCCC1(C)CN(c2ccccc2)c2cc(OC)c(CSCC(=O)OCC)cc2S(=O)(=O)N1Cc1ccc(OC)cc1. The second kappa shape index (κ2) is 14.5. The fraction of sp³-hybridized carbons (Fsp3) is 0.424. The molecular formula is C33H42N2O6S2. The second-order valence-corrected chi connectivity index (χ2v) is 13.6. The van der Waals surface area contributed by atoms with E-state index >= 15 is 0 Å². The normalized spacial score (nSPS) is 18.0. The molecule has 10 heteroatoms. The molecule has 0 N–H and O–H groups in total. The molecule has 0 aliphatic carbocycles. The van der Waals surface area contributed by atoms with E-state index in [0.29, 0.717) is 48.1 Å². The van der Waals surface area contributed by atoms with Crippen molar-refractivity contribution in [1.82, 2.24) is 4.31 Å². The average molecular weight is 627 g/mol. The molecule has 43 heavy (non-hydrogen) atoms. The predicted octanol–water partition coefficient (Wildman–Crippen LogP) is 6.79. The first-order chi connectivity index (χ1) is 20.7. The quantitative estimate of drug-likeness (QED) is 0.192. The van der Waals surface area contributed by atoms with Gasteiger partial charge in [0.1, 0.15) is 16.4 Å². The Labute approximate surface area is 260 Å². The number of ether oxygens (including phenoxy) is 3. The van der Waals surface area contributed by atoms with E-state index < -0.39 is 15.6 Å². The zero-order chi connectivity index (χ0) is 31.0. The van der Waals surface area contributed by atoms with E-state index in [-0.39, 0.29) is 23.2 Å². The van der Waals surface area contributed by atoms with Gasteiger partial charge in [-0.1, -0.05) is 50.1 Å². The van der Waals surface area contributed by atoms with Crippen molar-refractivity contribution in [3.05, 3.63) is 77.9 Å². The highest BCUT2D eigenvalue weighted by Crippen LogP contribution is 2.46.